The van der Waals surface area contributed by atoms with Crippen molar-refractivity contribution in [2.75, 3.05) is 0 Å². The maximum Gasteiger partial charge on any atom is 0.303 e. The van der Waals surface area contributed by atoms with E-state index >= 15 is 0 Å². The number of carboxylic acid groups (broad SMARTS) is 1. The first kappa shape index (κ1) is 24.2. The van der Waals surface area contributed by atoms with Crippen LogP contribution in [0.3, 0.4) is 0 Å². The van der Waals surface area contributed by atoms with Gasteiger partial charge in [-0.25, -0.2) is 0 Å². The first-order chi connectivity index (χ1) is 10.9. The predicted molar refractivity (Wildman–Crippen MR) is 97.4 cm³/mol. The van der Waals surface area contributed by atoms with Crippen molar-refractivity contribution in [1.82, 2.24) is 0 Å². The fourth-order valence-corrected chi connectivity index (χ4v) is 2.34. The van der Waals surface area contributed by atoms with E-state index < -0.39 is 5.97 Å². The molecule has 0 aliphatic rings. The van der Waals surface area contributed by atoms with E-state index in [0.717, 1.165) is 19.3 Å². The Kier molecular flexibility index (Phi) is 20.0. The van der Waals surface area contributed by atoms with Gasteiger partial charge in [-0.2, -0.15) is 0 Å². The van der Waals surface area contributed by atoms with Gasteiger partial charge in [0.05, 0.1) is 0 Å². The molecule has 0 heterocycles. The van der Waals surface area contributed by atoms with E-state index in [0.29, 0.717) is 18.8 Å². The molecule has 0 bridgehead atoms. The maximum absolute atomic E-state index is 10.3. The van der Waals surface area contributed by atoms with Crippen molar-refractivity contribution >= 4 is 11.9 Å². The van der Waals surface area contributed by atoms with Crippen LogP contribution in [0.1, 0.15) is 104 Å². The summed E-state index contributed by atoms with van der Waals surface area (Å²) in [6.45, 7) is 6.52. The zero-order valence-corrected chi connectivity index (χ0v) is 15.6. The molecule has 23 heavy (non-hydrogen) atoms. The lowest BCUT2D eigenvalue weighted by Gasteiger charge is -2.08. The lowest BCUT2D eigenvalue weighted by molar-refractivity contribution is -0.137. The van der Waals surface area contributed by atoms with E-state index in [1.54, 1.807) is 0 Å². The summed E-state index contributed by atoms with van der Waals surface area (Å²) in [5.41, 5.74) is 4.99. The van der Waals surface area contributed by atoms with Crippen LogP contribution in [0.2, 0.25) is 0 Å². The van der Waals surface area contributed by atoms with E-state index in [9.17, 15) is 9.59 Å². The van der Waals surface area contributed by atoms with Crippen LogP contribution >= 0.6 is 0 Å². The summed E-state index contributed by atoms with van der Waals surface area (Å²) < 4.78 is 0. The molecule has 4 nitrogen and oxygen atoms in total. The van der Waals surface area contributed by atoms with Gasteiger partial charge in [0.1, 0.15) is 0 Å². The Morgan fingerprint density at radius 3 is 1.87 bits per heavy atom. The molecule has 0 aromatic rings. The van der Waals surface area contributed by atoms with Crippen LogP contribution in [-0.4, -0.2) is 17.0 Å². The van der Waals surface area contributed by atoms with E-state index in [2.05, 4.69) is 20.8 Å². The van der Waals surface area contributed by atoms with E-state index in [4.69, 9.17) is 10.8 Å². The van der Waals surface area contributed by atoms with Gasteiger partial charge in [0, 0.05) is 12.8 Å². The molecule has 0 saturated heterocycles. The van der Waals surface area contributed by atoms with Crippen molar-refractivity contribution in [2.45, 2.75) is 104 Å². The molecule has 0 aromatic heterocycles. The Morgan fingerprint density at radius 2 is 1.35 bits per heavy atom. The molecule has 0 aromatic carbocycles. The van der Waals surface area contributed by atoms with Gasteiger partial charge in [0.2, 0.25) is 5.91 Å². The minimum absolute atomic E-state index is 0.166. The van der Waals surface area contributed by atoms with Crippen molar-refractivity contribution in [3.05, 3.63) is 0 Å². The molecule has 0 aliphatic carbocycles. The highest BCUT2D eigenvalue weighted by Crippen LogP contribution is 2.14. The third-order valence-electron chi connectivity index (χ3n) is 3.93. The lowest BCUT2D eigenvalue weighted by Crippen LogP contribution is -2.09. The van der Waals surface area contributed by atoms with Gasteiger partial charge in [-0.15, -0.1) is 0 Å². The fraction of sp³-hybridized carbons (Fsp3) is 0.895. The molecule has 0 saturated carbocycles. The number of primary amides is 1. The molecule has 1 atom stereocenters. The number of carbonyl (C=O) groups excluding carboxylic acids is 1. The van der Waals surface area contributed by atoms with Crippen molar-refractivity contribution < 1.29 is 14.7 Å². The van der Waals surface area contributed by atoms with Gasteiger partial charge in [-0.1, -0.05) is 78.6 Å². The minimum atomic E-state index is -0.669. The highest BCUT2D eigenvalue weighted by atomic mass is 16.4. The summed E-state index contributed by atoms with van der Waals surface area (Å²) in [7, 11) is 0. The molecule has 0 rings (SSSR count). The van der Waals surface area contributed by atoms with Crippen molar-refractivity contribution in [1.29, 1.82) is 0 Å². The number of carbonyl (C=O) groups is 2. The number of hydrogen-bond acceptors (Lipinski definition) is 2. The smallest absolute Gasteiger partial charge is 0.303 e. The molecule has 0 fully saturated rings. The Bertz CT molecular complexity index is 280. The Hall–Kier alpha value is -1.06. The number of rotatable bonds is 14. The summed E-state index contributed by atoms with van der Waals surface area (Å²) in [4.78, 5) is 20.5. The number of aliphatic carboxylic acids is 1. The molecule has 3 N–H and O–H groups in total. The summed E-state index contributed by atoms with van der Waals surface area (Å²) >= 11 is 0. The van der Waals surface area contributed by atoms with E-state index in [1.807, 2.05) is 0 Å². The average Bonchev–Trinajstić information content (AvgIpc) is 2.49. The van der Waals surface area contributed by atoms with Gasteiger partial charge in [-0.05, 0) is 18.8 Å². The minimum Gasteiger partial charge on any atom is -0.481 e. The maximum atomic E-state index is 10.3. The normalized spacial score (nSPS) is 11.4. The van der Waals surface area contributed by atoms with Crippen LogP contribution in [-0.2, 0) is 9.59 Å². The van der Waals surface area contributed by atoms with E-state index in [-0.39, 0.29) is 5.91 Å². The van der Waals surface area contributed by atoms with Crippen molar-refractivity contribution in [3.8, 4) is 0 Å². The third kappa shape index (κ3) is 26.2. The number of unbranched alkanes of at least 4 members (excludes halogenated alkanes) is 7. The summed E-state index contributed by atoms with van der Waals surface area (Å²) in [5.74, 6) is -0.259. The second kappa shape index (κ2) is 19.0. The third-order valence-corrected chi connectivity index (χ3v) is 3.93. The van der Waals surface area contributed by atoms with Gasteiger partial charge >= 0.3 is 5.97 Å². The van der Waals surface area contributed by atoms with Crippen LogP contribution in [0.25, 0.3) is 0 Å². The van der Waals surface area contributed by atoms with Crippen molar-refractivity contribution in [3.63, 3.8) is 0 Å². The van der Waals surface area contributed by atoms with Crippen LogP contribution in [0.15, 0.2) is 0 Å². The van der Waals surface area contributed by atoms with E-state index in [1.165, 1.54) is 51.4 Å². The SMILES string of the molecule is CCCCCC(C)CCC(=O)O.CCCCCCCCC(N)=O. The largest absolute Gasteiger partial charge is 0.481 e. The summed E-state index contributed by atoms with van der Waals surface area (Å²) in [5, 5.41) is 8.43. The van der Waals surface area contributed by atoms with Crippen molar-refractivity contribution in [2.24, 2.45) is 11.7 Å². The number of nitrogens with two attached hydrogens (primary N) is 1. The molecule has 0 radical (unpaired) electrons. The van der Waals surface area contributed by atoms with Gasteiger partial charge in [0.15, 0.2) is 0 Å². The first-order valence-corrected chi connectivity index (χ1v) is 9.44. The molecular weight excluding hydrogens is 290 g/mol. The molecule has 138 valence electrons. The second-order valence-corrected chi connectivity index (χ2v) is 6.52. The number of amides is 1. The molecule has 1 amide bonds. The standard InChI is InChI=1S/C10H20O2.C9H19NO/c1-3-4-5-6-9(2)7-8-10(11)12;1-2-3-4-5-6-7-8-9(10)11/h9H,3-8H2,1-2H3,(H,11,12);2-8H2,1H3,(H2,10,11). The highest BCUT2D eigenvalue weighted by molar-refractivity contribution is 5.73. The molecule has 0 aliphatic heterocycles. The van der Waals surface area contributed by atoms with Gasteiger partial charge in [0.25, 0.3) is 0 Å². The lowest BCUT2D eigenvalue weighted by atomic mass is 9.98. The zero-order chi connectivity index (χ0) is 17.9. The molecular formula is C19H39NO3. The Morgan fingerprint density at radius 1 is 0.826 bits per heavy atom. The zero-order valence-electron chi connectivity index (χ0n) is 15.6. The summed E-state index contributed by atoms with van der Waals surface area (Å²) in [6, 6.07) is 0. The Balaban J connectivity index is 0. The fourth-order valence-electron chi connectivity index (χ4n) is 2.34. The second-order valence-electron chi connectivity index (χ2n) is 6.52. The topological polar surface area (TPSA) is 80.4 Å². The quantitative estimate of drug-likeness (QED) is 0.425. The Labute approximate surface area is 143 Å². The average molecular weight is 330 g/mol. The number of carboxylic acids is 1. The van der Waals surface area contributed by atoms with Gasteiger partial charge in [-0.3, -0.25) is 9.59 Å². The van der Waals surface area contributed by atoms with Crippen LogP contribution < -0.4 is 5.73 Å². The molecule has 1 unspecified atom stereocenters. The predicted octanol–water partition coefficient (Wildman–Crippen LogP) is 5.29. The van der Waals surface area contributed by atoms with Crippen LogP contribution in [0.4, 0.5) is 0 Å². The van der Waals surface area contributed by atoms with Crippen LogP contribution in [0.5, 0.6) is 0 Å². The highest BCUT2D eigenvalue weighted by Gasteiger charge is 2.04. The van der Waals surface area contributed by atoms with Crippen LogP contribution in [0, 0.1) is 5.92 Å². The molecule has 4 heteroatoms. The monoisotopic (exact) mass is 329 g/mol. The van der Waals surface area contributed by atoms with Gasteiger partial charge < -0.3 is 10.8 Å². The number of hydrogen-bond donors (Lipinski definition) is 2. The molecule has 0 spiro atoms. The summed E-state index contributed by atoms with van der Waals surface area (Å²) in [6.07, 6.45) is 13.9. The first-order valence-electron chi connectivity index (χ1n) is 9.44.